The van der Waals surface area contributed by atoms with Gasteiger partial charge in [0.1, 0.15) is 0 Å². The van der Waals surface area contributed by atoms with Crippen LogP contribution < -0.4 is 5.32 Å². The summed E-state index contributed by atoms with van der Waals surface area (Å²) in [5.74, 6) is 2.05. The van der Waals surface area contributed by atoms with Crippen LogP contribution in [0.2, 0.25) is 0 Å². The van der Waals surface area contributed by atoms with Crippen molar-refractivity contribution in [1.29, 1.82) is 0 Å². The van der Waals surface area contributed by atoms with Crippen molar-refractivity contribution >= 4 is 17.6 Å². The molecule has 1 N–H and O–H groups in total. The summed E-state index contributed by atoms with van der Waals surface area (Å²) in [6.07, 6.45) is 4.60. The van der Waals surface area contributed by atoms with Crippen molar-refractivity contribution in [3.8, 4) is 0 Å². The van der Waals surface area contributed by atoms with Crippen LogP contribution in [-0.4, -0.2) is 22.6 Å². The molecule has 0 atom stereocenters. The molecule has 0 amide bonds. The minimum absolute atomic E-state index is 0.518. The Morgan fingerprint density at radius 3 is 3.00 bits per heavy atom. The van der Waals surface area contributed by atoms with Crippen LogP contribution in [0.4, 0.5) is 6.01 Å². The Balaban J connectivity index is 1.71. The van der Waals surface area contributed by atoms with Crippen molar-refractivity contribution in [1.82, 2.24) is 10.2 Å². The highest BCUT2D eigenvalue weighted by atomic mass is 35.5. The van der Waals surface area contributed by atoms with Gasteiger partial charge in [0, 0.05) is 18.8 Å². The van der Waals surface area contributed by atoms with Crippen LogP contribution in [0.3, 0.4) is 0 Å². The predicted molar refractivity (Wildman–Crippen MR) is 54.6 cm³/mol. The lowest BCUT2D eigenvalue weighted by Crippen LogP contribution is -2.02. The van der Waals surface area contributed by atoms with Gasteiger partial charge >= 0.3 is 6.01 Å². The molecule has 78 valence electrons. The van der Waals surface area contributed by atoms with Gasteiger partial charge in [-0.25, -0.2) is 0 Å². The molecule has 0 saturated heterocycles. The van der Waals surface area contributed by atoms with E-state index in [-0.39, 0.29) is 0 Å². The molecule has 0 radical (unpaired) electrons. The van der Waals surface area contributed by atoms with Crippen LogP contribution in [0.15, 0.2) is 4.42 Å². The fourth-order valence-electron chi connectivity index (χ4n) is 1.30. The topological polar surface area (TPSA) is 51.0 Å². The van der Waals surface area contributed by atoms with Gasteiger partial charge in [-0.2, -0.15) is 0 Å². The molecule has 1 heterocycles. The molecule has 1 aromatic rings. The third-order valence-corrected chi connectivity index (χ3v) is 2.49. The third kappa shape index (κ3) is 2.87. The number of hydrogen-bond acceptors (Lipinski definition) is 4. The Hall–Kier alpha value is -0.770. The number of nitrogens with zero attached hydrogens (tertiary/aromatic N) is 2. The van der Waals surface area contributed by atoms with E-state index in [1.54, 1.807) is 0 Å². The number of halogens is 1. The molecule has 0 bridgehead atoms. The molecule has 1 aromatic heterocycles. The summed E-state index contributed by atoms with van der Waals surface area (Å²) in [7, 11) is 0. The number of aromatic nitrogens is 2. The van der Waals surface area contributed by atoms with Gasteiger partial charge < -0.3 is 9.73 Å². The van der Waals surface area contributed by atoms with Crippen LogP contribution >= 0.6 is 11.6 Å². The number of nitrogens with one attached hydrogen (secondary N) is 1. The van der Waals surface area contributed by atoms with E-state index in [9.17, 15) is 0 Å². The van der Waals surface area contributed by atoms with Crippen LogP contribution in [0.25, 0.3) is 0 Å². The highest BCUT2D eigenvalue weighted by Gasteiger charge is 2.20. The molecule has 1 aliphatic rings. The maximum Gasteiger partial charge on any atom is 0.315 e. The smallest absolute Gasteiger partial charge is 0.315 e. The Bertz CT molecular complexity index is 285. The van der Waals surface area contributed by atoms with Gasteiger partial charge in [0.25, 0.3) is 0 Å². The van der Waals surface area contributed by atoms with Gasteiger partial charge in [0.2, 0.25) is 5.89 Å². The van der Waals surface area contributed by atoms with Crippen LogP contribution in [-0.2, 0) is 6.42 Å². The maximum atomic E-state index is 5.55. The van der Waals surface area contributed by atoms with Crippen LogP contribution in [0.5, 0.6) is 0 Å². The predicted octanol–water partition coefficient (Wildman–Crippen LogP) is 2.06. The molecule has 0 aromatic carbocycles. The largest absolute Gasteiger partial charge is 0.408 e. The first-order chi connectivity index (χ1) is 6.88. The highest BCUT2D eigenvalue weighted by Crippen LogP contribution is 2.31. The van der Waals surface area contributed by atoms with Crippen molar-refractivity contribution < 1.29 is 4.42 Å². The Morgan fingerprint density at radius 2 is 2.29 bits per heavy atom. The normalized spacial score (nSPS) is 15.8. The molecule has 2 rings (SSSR count). The minimum Gasteiger partial charge on any atom is -0.408 e. The number of alkyl halides is 1. The molecule has 5 heteroatoms. The summed E-state index contributed by atoms with van der Waals surface area (Å²) in [5.41, 5.74) is 0. The average Bonchev–Trinajstić information content (AvgIpc) is 2.88. The van der Waals surface area contributed by atoms with Crippen molar-refractivity contribution in [3.05, 3.63) is 5.89 Å². The molecule has 0 unspecified atom stereocenters. The first kappa shape index (κ1) is 9.77. The Kier molecular flexibility index (Phi) is 3.24. The quantitative estimate of drug-likeness (QED) is 0.739. The van der Waals surface area contributed by atoms with Crippen molar-refractivity contribution in [2.45, 2.75) is 25.7 Å². The van der Waals surface area contributed by atoms with E-state index in [0.717, 1.165) is 12.5 Å². The fourth-order valence-corrected chi connectivity index (χ4v) is 1.46. The van der Waals surface area contributed by atoms with E-state index in [1.807, 2.05) is 0 Å². The zero-order valence-electron chi connectivity index (χ0n) is 8.00. The molecule has 0 spiro atoms. The van der Waals surface area contributed by atoms with E-state index in [4.69, 9.17) is 16.0 Å². The Morgan fingerprint density at radius 1 is 1.43 bits per heavy atom. The summed E-state index contributed by atoms with van der Waals surface area (Å²) >= 11 is 5.55. The van der Waals surface area contributed by atoms with Gasteiger partial charge in [0.15, 0.2) is 0 Å². The van der Waals surface area contributed by atoms with Gasteiger partial charge in [0.05, 0.1) is 0 Å². The molecule has 14 heavy (non-hydrogen) atoms. The molecule has 1 aliphatic carbocycles. The second-order valence-electron chi connectivity index (χ2n) is 3.60. The number of hydrogen-bond donors (Lipinski definition) is 1. The summed E-state index contributed by atoms with van der Waals surface area (Å²) in [6.45, 7) is 0.924. The van der Waals surface area contributed by atoms with E-state index >= 15 is 0 Å². The summed E-state index contributed by atoms with van der Waals surface area (Å²) < 4.78 is 5.31. The van der Waals surface area contributed by atoms with Gasteiger partial charge in [-0.1, -0.05) is 17.9 Å². The van der Waals surface area contributed by atoms with Crippen molar-refractivity contribution in [3.63, 3.8) is 0 Å². The second-order valence-corrected chi connectivity index (χ2v) is 3.98. The first-order valence-corrected chi connectivity index (χ1v) is 5.54. The average molecular weight is 216 g/mol. The molecular weight excluding hydrogens is 202 g/mol. The van der Waals surface area contributed by atoms with E-state index in [0.29, 0.717) is 24.2 Å². The van der Waals surface area contributed by atoms with E-state index in [1.165, 1.54) is 19.3 Å². The number of anilines is 1. The lowest BCUT2D eigenvalue weighted by molar-refractivity contribution is 0.511. The number of rotatable bonds is 6. The standard InChI is InChI=1S/C9H14ClN3O/c10-5-3-8-12-13-9(14-8)11-6-4-7-1-2-7/h7H,1-6H2,(H,11,13). The summed E-state index contributed by atoms with van der Waals surface area (Å²) in [5, 5.41) is 10.8. The number of aryl methyl sites for hydroxylation is 1. The first-order valence-electron chi connectivity index (χ1n) is 5.00. The fraction of sp³-hybridized carbons (Fsp3) is 0.778. The monoisotopic (exact) mass is 215 g/mol. The zero-order chi connectivity index (χ0) is 9.80. The highest BCUT2D eigenvalue weighted by molar-refractivity contribution is 6.17. The SMILES string of the molecule is ClCCc1nnc(NCCC2CC2)o1. The molecular formula is C9H14ClN3O. The summed E-state index contributed by atoms with van der Waals surface area (Å²) in [6, 6.07) is 0.519. The van der Waals surface area contributed by atoms with E-state index < -0.39 is 0 Å². The molecule has 4 nitrogen and oxygen atoms in total. The van der Waals surface area contributed by atoms with Gasteiger partial charge in [-0.15, -0.1) is 16.7 Å². The molecule has 1 fully saturated rings. The minimum atomic E-state index is 0.518. The maximum absolute atomic E-state index is 5.55. The second kappa shape index (κ2) is 4.64. The summed E-state index contributed by atoms with van der Waals surface area (Å²) in [4.78, 5) is 0. The third-order valence-electron chi connectivity index (χ3n) is 2.30. The lowest BCUT2D eigenvalue weighted by atomic mass is 10.3. The van der Waals surface area contributed by atoms with Crippen molar-refractivity contribution in [2.24, 2.45) is 5.92 Å². The lowest BCUT2D eigenvalue weighted by Gasteiger charge is -1.98. The zero-order valence-corrected chi connectivity index (χ0v) is 8.76. The Labute approximate surface area is 88.0 Å². The van der Waals surface area contributed by atoms with Crippen molar-refractivity contribution in [2.75, 3.05) is 17.7 Å². The van der Waals surface area contributed by atoms with E-state index in [2.05, 4.69) is 15.5 Å². The van der Waals surface area contributed by atoms with Gasteiger partial charge in [-0.3, -0.25) is 0 Å². The van der Waals surface area contributed by atoms with Gasteiger partial charge in [-0.05, 0) is 12.3 Å². The van der Waals surface area contributed by atoms with Crippen LogP contribution in [0.1, 0.15) is 25.2 Å². The van der Waals surface area contributed by atoms with Crippen LogP contribution in [0, 0.1) is 5.92 Å². The molecule has 0 aliphatic heterocycles. The molecule has 1 saturated carbocycles.